The van der Waals surface area contributed by atoms with Crippen molar-refractivity contribution in [2.45, 2.75) is 19.6 Å². The molecule has 0 aliphatic rings. The fraction of sp³-hybridized carbons (Fsp3) is 0.455. The summed E-state index contributed by atoms with van der Waals surface area (Å²) in [6.45, 7) is 1.85. The Balaban J connectivity index is 1.98. The largest absolute Gasteiger partial charge is 0.461 e. The number of amides is 1. The van der Waals surface area contributed by atoms with Crippen LogP contribution in [0, 0.1) is 0 Å². The molecule has 0 saturated heterocycles. The molecule has 8 nitrogen and oxygen atoms in total. The van der Waals surface area contributed by atoms with Crippen molar-refractivity contribution in [3.63, 3.8) is 0 Å². The summed E-state index contributed by atoms with van der Waals surface area (Å²) in [4.78, 5) is 14.4. The Hall–Kier alpha value is -2.22. The van der Waals surface area contributed by atoms with E-state index in [0.717, 1.165) is 0 Å². The number of aliphatic hydroxyl groups is 1. The molecule has 1 atom stereocenters. The first-order valence-electron chi connectivity index (χ1n) is 5.80. The van der Waals surface area contributed by atoms with Gasteiger partial charge in [-0.3, -0.25) is 4.79 Å². The van der Waals surface area contributed by atoms with Crippen molar-refractivity contribution < 1.29 is 14.3 Å². The van der Waals surface area contributed by atoms with E-state index in [9.17, 15) is 9.90 Å². The zero-order valence-electron chi connectivity index (χ0n) is 10.7. The predicted molar refractivity (Wildman–Crippen MR) is 64.8 cm³/mol. The van der Waals surface area contributed by atoms with Gasteiger partial charge in [0.05, 0.1) is 12.4 Å². The maximum atomic E-state index is 11.8. The lowest BCUT2D eigenvalue weighted by molar-refractivity contribution is -0.132. The van der Waals surface area contributed by atoms with E-state index in [4.69, 9.17) is 4.42 Å². The van der Waals surface area contributed by atoms with Crippen molar-refractivity contribution >= 4 is 5.91 Å². The van der Waals surface area contributed by atoms with Crippen LogP contribution in [0.3, 0.4) is 0 Å². The third-order valence-corrected chi connectivity index (χ3v) is 2.43. The molecule has 1 unspecified atom stereocenters. The minimum absolute atomic E-state index is 0.0308. The van der Waals surface area contributed by atoms with E-state index in [1.807, 2.05) is 0 Å². The summed E-state index contributed by atoms with van der Waals surface area (Å²) in [6.07, 6.45) is 0.939. The van der Waals surface area contributed by atoms with Crippen molar-refractivity contribution in [3.8, 4) is 11.6 Å². The summed E-state index contributed by atoms with van der Waals surface area (Å²) in [6, 6.07) is 3.43. The lowest BCUT2D eigenvalue weighted by atomic mass is 10.3. The van der Waals surface area contributed by atoms with Crippen LogP contribution in [0.1, 0.15) is 6.92 Å². The molecule has 102 valence electrons. The van der Waals surface area contributed by atoms with Gasteiger partial charge in [-0.1, -0.05) is 0 Å². The third-order valence-electron chi connectivity index (χ3n) is 2.43. The van der Waals surface area contributed by atoms with E-state index in [-0.39, 0.29) is 19.0 Å². The maximum absolute atomic E-state index is 11.8. The van der Waals surface area contributed by atoms with E-state index in [1.165, 1.54) is 16.0 Å². The fourth-order valence-corrected chi connectivity index (χ4v) is 1.55. The zero-order valence-corrected chi connectivity index (χ0v) is 10.7. The Morgan fingerprint density at radius 1 is 1.63 bits per heavy atom. The maximum Gasteiger partial charge on any atom is 0.246 e. The Kier molecular flexibility index (Phi) is 3.91. The lowest BCUT2D eigenvalue weighted by Gasteiger charge is -2.17. The molecule has 8 heteroatoms. The smallest absolute Gasteiger partial charge is 0.246 e. The van der Waals surface area contributed by atoms with E-state index in [1.54, 1.807) is 26.1 Å². The van der Waals surface area contributed by atoms with Crippen molar-refractivity contribution in [3.05, 3.63) is 18.4 Å². The number of carbonyl (C=O) groups is 1. The Labute approximate surface area is 109 Å². The van der Waals surface area contributed by atoms with Gasteiger partial charge in [0.1, 0.15) is 6.54 Å². The number of hydrogen-bond donors (Lipinski definition) is 1. The molecule has 19 heavy (non-hydrogen) atoms. The molecule has 2 aromatic rings. The van der Waals surface area contributed by atoms with Crippen molar-refractivity contribution in [2.24, 2.45) is 0 Å². The highest BCUT2D eigenvalue weighted by atomic mass is 16.3. The third kappa shape index (κ3) is 3.38. The highest BCUT2D eigenvalue weighted by molar-refractivity contribution is 5.75. The summed E-state index contributed by atoms with van der Waals surface area (Å²) in [5.74, 6) is 0.622. The number of rotatable bonds is 5. The molecule has 0 aromatic carbocycles. The number of aliphatic hydroxyl groups excluding tert-OH is 1. The fourth-order valence-electron chi connectivity index (χ4n) is 1.55. The Bertz CT molecular complexity index is 534. The van der Waals surface area contributed by atoms with Gasteiger partial charge in [0, 0.05) is 13.6 Å². The summed E-state index contributed by atoms with van der Waals surface area (Å²) >= 11 is 0. The van der Waals surface area contributed by atoms with Gasteiger partial charge >= 0.3 is 0 Å². The second-order valence-corrected chi connectivity index (χ2v) is 4.24. The van der Waals surface area contributed by atoms with Gasteiger partial charge in [-0.05, 0) is 24.3 Å². The van der Waals surface area contributed by atoms with E-state index in [0.29, 0.717) is 11.6 Å². The molecule has 1 amide bonds. The molecule has 2 aromatic heterocycles. The minimum Gasteiger partial charge on any atom is -0.461 e. The van der Waals surface area contributed by atoms with Crippen LogP contribution >= 0.6 is 0 Å². The first-order chi connectivity index (χ1) is 9.06. The van der Waals surface area contributed by atoms with Gasteiger partial charge in [-0.25, -0.2) is 0 Å². The van der Waals surface area contributed by atoms with Crippen LogP contribution in [0.15, 0.2) is 22.8 Å². The van der Waals surface area contributed by atoms with Crippen LogP contribution in [0.25, 0.3) is 11.6 Å². The van der Waals surface area contributed by atoms with Crippen LogP contribution in [0.2, 0.25) is 0 Å². The van der Waals surface area contributed by atoms with Gasteiger partial charge in [0.25, 0.3) is 0 Å². The SMILES string of the molecule is CC(O)CN(C)C(=O)Cn1nnc(-c2ccco2)n1. The summed E-state index contributed by atoms with van der Waals surface area (Å²) in [5, 5.41) is 20.8. The molecular weight excluding hydrogens is 250 g/mol. The molecule has 0 saturated carbocycles. The molecular formula is C11H15N5O3. The monoisotopic (exact) mass is 265 g/mol. The molecule has 2 heterocycles. The summed E-state index contributed by atoms with van der Waals surface area (Å²) in [5.41, 5.74) is 0. The molecule has 0 aliphatic heterocycles. The molecule has 1 N–H and O–H groups in total. The molecule has 0 aliphatic carbocycles. The van der Waals surface area contributed by atoms with Crippen LogP contribution in [-0.4, -0.2) is 55.8 Å². The standard InChI is InChI=1S/C11H15N5O3/c1-8(17)6-15(2)10(18)7-16-13-11(12-14-16)9-4-3-5-19-9/h3-5,8,17H,6-7H2,1-2H3. The number of hydrogen-bond acceptors (Lipinski definition) is 6. The van der Waals surface area contributed by atoms with Crippen LogP contribution in [-0.2, 0) is 11.3 Å². The van der Waals surface area contributed by atoms with E-state index >= 15 is 0 Å². The van der Waals surface area contributed by atoms with Crippen LogP contribution in [0.4, 0.5) is 0 Å². The van der Waals surface area contributed by atoms with Gasteiger partial charge in [-0.2, -0.15) is 4.80 Å². The molecule has 0 spiro atoms. The second-order valence-electron chi connectivity index (χ2n) is 4.24. The van der Waals surface area contributed by atoms with Gasteiger partial charge in [0.2, 0.25) is 11.7 Å². The Morgan fingerprint density at radius 3 is 3.05 bits per heavy atom. The van der Waals surface area contributed by atoms with Gasteiger partial charge < -0.3 is 14.4 Å². The Morgan fingerprint density at radius 2 is 2.42 bits per heavy atom. The van der Waals surface area contributed by atoms with Gasteiger partial charge in [-0.15, -0.1) is 10.2 Å². The average molecular weight is 265 g/mol. The average Bonchev–Trinajstić information content (AvgIpc) is 2.96. The van der Waals surface area contributed by atoms with Crippen LogP contribution < -0.4 is 0 Å². The number of tetrazole rings is 1. The van der Waals surface area contributed by atoms with E-state index in [2.05, 4.69) is 15.4 Å². The zero-order chi connectivity index (χ0) is 13.8. The normalized spacial score (nSPS) is 12.4. The number of likely N-dealkylation sites (N-methyl/N-ethyl adjacent to an activating group) is 1. The minimum atomic E-state index is -0.573. The molecule has 0 bridgehead atoms. The quantitative estimate of drug-likeness (QED) is 0.802. The second kappa shape index (κ2) is 5.61. The van der Waals surface area contributed by atoms with Crippen LogP contribution in [0.5, 0.6) is 0 Å². The predicted octanol–water partition coefficient (Wildman–Crippen LogP) is -0.228. The lowest BCUT2D eigenvalue weighted by Crippen LogP contribution is -2.35. The number of carbonyl (C=O) groups excluding carboxylic acids is 1. The van der Waals surface area contributed by atoms with Gasteiger partial charge in [0.15, 0.2) is 5.76 Å². The molecule has 2 rings (SSSR count). The van der Waals surface area contributed by atoms with Crippen molar-refractivity contribution in [2.75, 3.05) is 13.6 Å². The highest BCUT2D eigenvalue weighted by Crippen LogP contribution is 2.12. The van der Waals surface area contributed by atoms with E-state index < -0.39 is 6.10 Å². The summed E-state index contributed by atoms with van der Waals surface area (Å²) in [7, 11) is 1.61. The molecule has 0 radical (unpaired) electrons. The number of aromatic nitrogens is 4. The topological polar surface area (TPSA) is 97.3 Å². The summed E-state index contributed by atoms with van der Waals surface area (Å²) < 4.78 is 5.13. The number of nitrogens with zero attached hydrogens (tertiary/aromatic N) is 5. The van der Waals surface area contributed by atoms with Crippen molar-refractivity contribution in [1.82, 2.24) is 25.1 Å². The van der Waals surface area contributed by atoms with Crippen molar-refractivity contribution in [1.29, 1.82) is 0 Å². The highest BCUT2D eigenvalue weighted by Gasteiger charge is 2.14. The first-order valence-corrected chi connectivity index (χ1v) is 5.80. The molecule has 0 fully saturated rings. The first kappa shape index (κ1) is 13.2. The number of furan rings is 1.